The molecular formula is C44H6. The molecule has 44 heavy (non-hydrogen) atoms. The minimum absolute atomic E-state index is 1.69. The van der Waals surface area contributed by atoms with Crippen LogP contribution in [-0.2, 0) is 0 Å². The molecule has 0 bridgehead atoms. The first-order valence-electron chi connectivity index (χ1n) is 11.2. The summed E-state index contributed by atoms with van der Waals surface area (Å²) < 4.78 is 0. The van der Waals surface area contributed by atoms with Crippen LogP contribution in [0.4, 0.5) is 0 Å². The van der Waals surface area contributed by atoms with Gasteiger partial charge in [-0.3, -0.25) is 0 Å². The minimum Gasteiger partial charge on any atom is -0.0925 e. The molecule has 182 valence electrons. The van der Waals surface area contributed by atoms with Crippen molar-refractivity contribution >= 4 is 0 Å². The Hall–Kier alpha value is -9.24. The van der Waals surface area contributed by atoms with E-state index in [1.807, 2.05) is 0 Å². The lowest BCUT2D eigenvalue weighted by Crippen LogP contribution is -1.57. The van der Waals surface area contributed by atoms with Crippen LogP contribution < -0.4 is 0 Å². The normalized spacial score (nSPS) is 3.95. The third-order valence-electron chi connectivity index (χ3n) is 2.69. The topological polar surface area (TPSA) is 0 Å². The molecule has 0 aromatic rings. The maximum Gasteiger partial charge on any atom is 0 e. The second-order valence-corrected chi connectivity index (χ2v) is 5.50. The lowest BCUT2D eigenvalue weighted by Gasteiger charge is -1.57. The van der Waals surface area contributed by atoms with Gasteiger partial charge in [-0.15, -0.1) is 0 Å². The van der Waals surface area contributed by atoms with E-state index < -0.39 is 0 Å². The minimum atomic E-state index is 1.69. The Morgan fingerprint density at radius 1 is 0.114 bits per heavy atom. The smallest absolute Gasteiger partial charge is 0 e. The van der Waals surface area contributed by atoms with E-state index >= 15 is 0 Å². The molecule has 0 fully saturated rings. The molecular weight excluding hydrogens is 528 g/mol. The number of hydrogen-bond acceptors (Lipinski definition) is 0. The Labute approximate surface area is 261 Å². The quantitative estimate of drug-likeness (QED) is 0.409. The van der Waals surface area contributed by atoms with Crippen LogP contribution in [0.25, 0.3) is 0 Å². The molecule has 0 saturated carbocycles. The second kappa shape index (κ2) is 33.8. The van der Waals surface area contributed by atoms with Gasteiger partial charge in [-0.2, -0.15) is 0 Å². The Kier molecular flexibility index (Phi) is 26.7. The highest BCUT2D eigenvalue weighted by molar-refractivity contribution is 5.50. The summed E-state index contributed by atoms with van der Waals surface area (Å²) in [7, 11) is 0. The van der Waals surface area contributed by atoms with Crippen molar-refractivity contribution in [1.29, 1.82) is 0 Å². The molecule has 0 heterocycles. The summed E-state index contributed by atoms with van der Waals surface area (Å²) >= 11 is 0. The lowest BCUT2D eigenvalue weighted by molar-refractivity contribution is 1.92. The Balaban J connectivity index is 4.54. The maximum absolute atomic E-state index is 2.63. The molecule has 0 aromatic carbocycles. The lowest BCUT2D eigenvalue weighted by atomic mass is 10.4. The summed E-state index contributed by atoms with van der Waals surface area (Å²) in [6.07, 6.45) is 0. The maximum atomic E-state index is 2.63. The molecule has 0 spiro atoms. The summed E-state index contributed by atoms with van der Waals surface area (Å²) in [6.45, 7) is 3.38. The summed E-state index contributed by atoms with van der Waals surface area (Å²) in [5.41, 5.74) is 0. The summed E-state index contributed by atoms with van der Waals surface area (Å²) in [5.74, 6) is 106. The molecule has 0 heteroatoms. The summed E-state index contributed by atoms with van der Waals surface area (Å²) in [6, 6.07) is 0. The molecule has 0 amide bonds. The van der Waals surface area contributed by atoms with Crippen molar-refractivity contribution in [1.82, 2.24) is 0 Å². The van der Waals surface area contributed by atoms with E-state index in [4.69, 9.17) is 0 Å². The van der Waals surface area contributed by atoms with Gasteiger partial charge in [0, 0.05) is 142 Å². The van der Waals surface area contributed by atoms with Gasteiger partial charge in [0.05, 0.1) is 0 Å². The highest BCUT2D eigenvalue weighted by atomic mass is 13.6. The number of rotatable bonds is 0. The van der Waals surface area contributed by atoms with E-state index in [9.17, 15) is 0 Å². The van der Waals surface area contributed by atoms with Crippen LogP contribution in [-0.4, -0.2) is 0 Å². The fraction of sp³-hybridized carbons (Fsp3) is 0.0455. The van der Waals surface area contributed by atoms with Gasteiger partial charge in [0.15, 0.2) is 0 Å². The summed E-state index contributed by atoms with van der Waals surface area (Å²) in [5, 5.41) is 0. The number of hydrogen-bond donors (Lipinski definition) is 0. The molecule has 0 N–H and O–H groups in total. The zero-order valence-electron chi connectivity index (χ0n) is 23.0. The molecule has 0 rings (SSSR count). The van der Waals surface area contributed by atoms with Crippen molar-refractivity contribution in [2.45, 2.75) is 13.8 Å². The molecule has 0 unspecified atom stereocenters. The second-order valence-electron chi connectivity index (χ2n) is 5.50. The van der Waals surface area contributed by atoms with Gasteiger partial charge < -0.3 is 0 Å². The van der Waals surface area contributed by atoms with Gasteiger partial charge >= 0.3 is 0 Å². The highest BCUT2D eigenvalue weighted by Crippen LogP contribution is 1.61. The predicted octanol–water partition coefficient (Wildman–Crippen LogP) is 1.10. The third-order valence-corrected chi connectivity index (χ3v) is 2.69. The zero-order chi connectivity index (χ0) is 31.7. The van der Waals surface area contributed by atoms with Gasteiger partial charge in [-0.1, -0.05) is 11.8 Å². The van der Waals surface area contributed by atoms with Crippen molar-refractivity contribution in [2.75, 3.05) is 0 Å². The molecule has 0 aliphatic carbocycles. The largest absolute Gasteiger partial charge is 0.0925 e. The molecule has 0 radical (unpaired) electrons. The van der Waals surface area contributed by atoms with Crippen LogP contribution in [0.5, 0.6) is 0 Å². The predicted molar refractivity (Wildman–Crippen MR) is 175 cm³/mol. The zero-order valence-corrected chi connectivity index (χ0v) is 23.0. The first kappa shape index (κ1) is 34.8. The van der Waals surface area contributed by atoms with Gasteiger partial charge in [-0.25, -0.2) is 0 Å². The van der Waals surface area contributed by atoms with E-state index in [0.29, 0.717) is 0 Å². The van der Waals surface area contributed by atoms with Gasteiger partial charge in [0.1, 0.15) is 0 Å². The molecule has 0 aliphatic heterocycles. The van der Waals surface area contributed by atoms with Crippen molar-refractivity contribution in [3.05, 3.63) is 0 Å². The van der Waals surface area contributed by atoms with E-state index in [1.165, 1.54) is 0 Å². The summed E-state index contributed by atoms with van der Waals surface area (Å²) in [4.78, 5) is 0. The monoisotopic (exact) mass is 534 g/mol. The molecule has 0 atom stereocenters. The molecule has 0 nitrogen and oxygen atoms in total. The van der Waals surface area contributed by atoms with E-state index in [2.05, 4.69) is 249 Å². The van der Waals surface area contributed by atoms with Crippen LogP contribution in [0, 0.1) is 249 Å². The van der Waals surface area contributed by atoms with Crippen LogP contribution in [0.3, 0.4) is 0 Å². The Morgan fingerprint density at radius 2 is 0.182 bits per heavy atom. The van der Waals surface area contributed by atoms with E-state index in [1.54, 1.807) is 13.8 Å². The highest BCUT2D eigenvalue weighted by Gasteiger charge is 1.61. The average Bonchev–Trinajstić information content (AvgIpc) is 3.04. The van der Waals surface area contributed by atoms with Gasteiger partial charge in [0.2, 0.25) is 0 Å². The first-order valence-corrected chi connectivity index (χ1v) is 11.2. The Morgan fingerprint density at radius 3 is 0.250 bits per heavy atom. The van der Waals surface area contributed by atoms with Crippen molar-refractivity contribution in [2.24, 2.45) is 0 Å². The van der Waals surface area contributed by atoms with Gasteiger partial charge in [-0.05, 0) is 109 Å². The van der Waals surface area contributed by atoms with E-state index in [0.717, 1.165) is 0 Å². The van der Waals surface area contributed by atoms with Crippen LogP contribution in [0.2, 0.25) is 0 Å². The molecule has 0 saturated heterocycles. The van der Waals surface area contributed by atoms with Crippen molar-refractivity contribution < 1.29 is 0 Å². The van der Waals surface area contributed by atoms with Crippen LogP contribution >= 0.6 is 0 Å². The fourth-order valence-corrected chi connectivity index (χ4v) is 1.31. The van der Waals surface area contributed by atoms with Crippen molar-refractivity contribution in [3.63, 3.8) is 0 Å². The van der Waals surface area contributed by atoms with E-state index in [-0.39, 0.29) is 0 Å². The van der Waals surface area contributed by atoms with Gasteiger partial charge in [0.25, 0.3) is 0 Å². The molecule has 0 aromatic heterocycles. The standard InChI is InChI=1S/C44H6/c1-3-5-7-9-11-13-15-17-19-21-23-25-27-29-31-33-35-37-39-41-43-44-42-40-38-36-34-32-30-28-26-24-22-20-18-16-14-12-10-8-6-4-2/h1-2H3. The first-order chi connectivity index (χ1) is 21.9. The fourth-order valence-electron chi connectivity index (χ4n) is 1.31. The Bertz CT molecular complexity index is 2370. The third kappa shape index (κ3) is 32.8. The van der Waals surface area contributed by atoms with Crippen LogP contribution in [0.1, 0.15) is 13.8 Å². The van der Waals surface area contributed by atoms with Crippen LogP contribution in [0.15, 0.2) is 0 Å². The average molecular weight is 535 g/mol. The molecule has 0 aliphatic rings. The SMILES string of the molecule is CC#CC#CC#CC#CC#CC#CC#CC#CC#CC#CC#CC#CC#CC#CC#CC#CC#CC#CC#CC#CC#CC. The van der Waals surface area contributed by atoms with Crippen molar-refractivity contribution in [3.8, 4) is 249 Å².